The molecule has 0 radical (unpaired) electrons. The van der Waals surface area contributed by atoms with Crippen molar-refractivity contribution < 1.29 is 0 Å². The molecule has 1 aliphatic rings. The molecule has 1 heterocycles. The molecule has 0 aliphatic carbocycles. The summed E-state index contributed by atoms with van der Waals surface area (Å²) < 4.78 is 0. The fraction of sp³-hybridized carbons (Fsp3) is 0.750. The zero-order valence-electron chi connectivity index (χ0n) is 6.67. The zero-order valence-corrected chi connectivity index (χ0v) is 6.67. The molecule has 0 fully saturated rings. The van der Waals surface area contributed by atoms with E-state index in [0.29, 0.717) is 5.92 Å². The van der Waals surface area contributed by atoms with Gasteiger partial charge in [0.2, 0.25) is 0 Å². The van der Waals surface area contributed by atoms with Crippen molar-refractivity contribution in [1.82, 2.24) is 0 Å². The van der Waals surface area contributed by atoms with Crippen molar-refractivity contribution in [3.8, 4) is 0 Å². The van der Waals surface area contributed by atoms with Gasteiger partial charge in [0.1, 0.15) is 0 Å². The smallest absolute Gasteiger partial charge is 0.0589 e. The van der Waals surface area contributed by atoms with Gasteiger partial charge in [-0.15, -0.1) is 0 Å². The maximum atomic E-state index is 4.34. The fourth-order valence-corrected chi connectivity index (χ4v) is 0.998. The molecule has 1 rings (SSSR count). The SMILES string of the molecule is CC(C)CC1=NCCN=C1. The lowest BCUT2D eigenvalue weighted by atomic mass is 10.1. The number of hydrogen-bond acceptors (Lipinski definition) is 2. The zero-order chi connectivity index (χ0) is 7.40. The summed E-state index contributed by atoms with van der Waals surface area (Å²) in [5.41, 5.74) is 1.17. The van der Waals surface area contributed by atoms with Gasteiger partial charge in [0.05, 0.1) is 18.8 Å². The summed E-state index contributed by atoms with van der Waals surface area (Å²) in [6.45, 7) is 6.16. The van der Waals surface area contributed by atoms with Gasteiger partial charge >= 0.3 is 0 Å². The first-order valence-corrected chi connectivity index (χ1v) is 3.82. The molecule has 0 atom stereocenters. The molecule has 2 nitrogen and oxygen atoms in total. The van der Waals surface area contributed by atoms with Crippen molar-refractivity contribution >= 4 is 11.9 Å². The predicted octanol–water partition coefficient (Wildman–Crippen LogP) is 1.56. The number of aliphatic imine (C=N–C) groups is 2. The van der Waals surface area contributed by atoms with Crippen LogP contribution in [0.1, 0.15) is 20.3 Å². The Morgan fingerprint density at radius 1 is 1.50 bits per heavy atom. The van der Waals surface area contributed by atoms with Crippen LogP contribution in [0.4, 0.5) is 0 Å². The minimum absolute atomic E-state index is 0.697. The van der Waals surface area contributed by atoms with Crippen molar-refractivity contribution in [2.45, 2.75) is 20.3 Å². The van der Waals surface area contributed by atoms with E-state index in [-0.39, 0.29) is 0 Å². The molecular weight excluding hydrogens is 124 g/mol. The standard InChI is InChI=1S/C8H14N2/c1-7(2)5-8-6-9-3-4-10-8/h6-7H,3-5H2,1-2H3. The van der Waals surface area contributed by atoms with Crippen molar-refractivity contribution in [2.75, 3.05) is 13.1 Å². The highest BCUT2D eigenvalue weighted by Crippen LogP contribution is 2.02. The van der Waals surface area contributed by atoms with Crippen LogP contribution in [0.5, 0.6) is 0 Å². The van der Waals surface area contributed by atoms with Crippen molar-refractivity contribution in [3.05, 3.63) is 0 Å². The molecule has 0 saturated carbocycles. The maximum Gasteiger partial charge on any atom is 0.0589 e. The number of rotatable bonds is 2. The molecular formula is C8H14N2. The summed E-state index contributed by atoms with van der Waals surface area (Å²) in [6.07, 6.45) is 2.98. The third kappa shape index (κ3) is 2.29. The second-order valence-electron chi connectivity index (χ2n) is 3.01. The van der Waals surface area contributed by atoms with Gasteiger partial charge in [-0.25, -0.2) is 0 Å². The average Bonchev–Trinajstić information content (AvgIpc) is 1.88. The molecule has 2 heteroatoms. The van der Waals surface area contributed by atoms with Crippen LogP contribution in [0.15, 0.2) is 9.98 Å². The average molecular weight is 138 g/mol. The van der Waals surface area contributed by atoms with E-state index < -0.39 is 0 Å². The minimum Gasteiger partial charge on any atom is -0.289 e. The van der Waals surface area contributed by atoms with Crippen LogP contribution < -0.4 is 0 Å². The van der Waals surface area contributed by atoms with Gasteiger partial charge in [-0.05, 0) is 12.3 Å². The second-order valence-corrected chi connectivity index (χ2v) is 3.01. The molecule has 10 heavy (non-hydrogen) atoms. The van der Waals surface area contributed by atoms with Crippen LogP contribution in [-0.2, 0) is 0 Å². The van der Waals surface area contributed by atoms with Gasteiger partial charge in [-0.2, -0.15) is 0 Å². The monoisotopic (exact) mass is 138 g/mol. The highest BCUT2D eigenvalue weighted by molar-refractivity contribution is 6.30. The lowest BCUT2D eigenvalue weighted by molar-refractivity contribution is 0.684. The highest BCUT2D eigenvalue weighted by Gasteiger charge is 2.01. The van der Waals surface area contributed by atoms with E-state index in [1.54, 1.807) is 0 Å². The molecule has 0 aromatic carbocycles. The van der Waals surface area contributed by atoms with E-state index >= 15 is 0 Å². The van der Waals surface area contributed by atoms with Crippen LogP contribution in [0, 0.1) is 5.92 Å². The first-order valence-electron chi connectivity index (χ1n) is 3.82. The third-order valence-electron chi connectivity index (χ3n) is 1.40. The fourth-order valence-electron chi connectivity index (χ4n) is 0.998. The Labute approximate surface area is 62.1 Å². The molecule has 0 aromatic rings. The summed E-state index contributed by atoms with van der Waals surface area (Å²) in [5, 5.41) is 0. The van der Waals surface area contributed by atoms with Crippen LogP contribution >= 0.6 is 0 Å². The molecule has 0 bridgehead atoms. The van der Waals surface area contributed by atoms with Crippen LogP contribution in [0.25, 0.3) is 0 Å². The van der Waals surface area contributed by atoms with Crippen LogP contribution in [0.2, 0.25) is 0 Å². The molecule has 0 spiro atoms. The van der Waals surface area contributed by atoms with Crippen molar-refractivity contribution in [2.24, 2.45) is 15.9 Å². The molecule has 0 amide bonds. The first-order chi connectivity index (χ1) is 4.79. The van der Waals surface area contributed by atoms with Gasteiger partial charge in [0.15, 0.2) is 0 Å². The lowest BCUT2D eigenvalue weighted by Crippen LogP contribution is -2.11. The molecule has 0 unspecified atom stereocenters. The van der Waals surface area contributed by atoms with Gasteiger partial charge in [0, 0.05) is 6.21 Å². The quantitative estimate of drug-likeness (QED) is 0.553. The first kappa shape index (κ1) is 7.45. The van der Waals surface area contributed by atoms with Gasteiger partial charge in [-0.3, -0.25) is 9.98 Å². The molecule has 0 saturated heterocycles. The highest BCUT2D eigenvalue weighted by atomic mass is 14.9. The molecule has 0 aromatic heterocycles. The lowest BCUT2D eigenvalue weighted by Gasteiger charge is -2.06. The summed E-state index contributed by atoms with van der Waals surface area (Å²) in [4.78, 5) is 8.49. The second kappa shape index (κ2) is 3.49. The van der Waals surface area contributed by atoms with E-state index in [2.05, 4.69) is 23.8 Å². The van der Waals surface area contributed by atoms with Gasteiger partial charge < -0.3 is 0 Å². The Hall–Kier alpha value is -0.660. The van der Waals surface area contributed by atoms with Crippen LogP contribution in [0.3, 0.4) is 0 Å². The Balaban J connectivity index is 2.40. The molecule has 0 N–H and O–H groups in total. The predicted molar refractivity (Wildman–Crippen MR) is 45.1 cm³/mol. The van der Waals surface area contributed by atoms with E-state index in [9.17, 15) is 0 Å². The third-order valence-corrected chi connectivity index (χ3v) is 1.40. The van der Waals surface area contributed by atoms with Crippen LogP contribution in [-0.4, -0.2) is 25.0 Å². The Kier molecular flexibility index (Phi) is 2.60. The Bertz CT molecular complexity index is 157. The van der Waals surface area contributed by atoms with E-state index in [1.165, 1.54) is 5.71 Å². The Morgan fingerprint density at radius 2 is 2.30 bits per heavy atom. The Morgan fingerprint density at radius 3 is 2.80 bits per heavy atom. The van der Waals surface area contributed by atoms with E-state index in [1.807, 2.05) is 6.21 Å². The van der Waals surface area contributed by atoms with Crippen molar-refractivity contribution in [3.63, 3.8) is 0 Å². The summed E-state index contributed by atoms with van der Waals surface area (Å²) in [7, 11) is 0. The van der Waals surface area contributed by atoms with E-state index in [4.69, 9.17) is 0 Å². The summed E-state index contributed by atoms with van der Waals surface area (Å²) in [5.74, 6) is 0.697. The van der Waals surface area contributed by atoms with Crippen molar-refractivity contribution in [1.29, 1.82) is 0 Å². The molecule has 1 aliphatic heterocycles. The maximum absolute atomic E-state index is 4.34. The summed E-state index contributed by atoms with van der Waals surface area (Å²) >= 11 is 0. The molecule has 56 valence electrons. The number of hydrogen-bond donors (Lipinski definition) is 0. The normalized spacial score (nSPS) is 17.7. The topological polar surface area (TPSA) is 24.7 Å². The summed E-state index contributed by atoms with van der Waals surface area (Å²) in [6, 6.07) is 0. The minimum atomic E-state index is 0.697. The van der Waals surface area contributed by atoms with Gasteiger partial charge in [-0.1, -0.05) is 13.8 Å². The number of nitrogens with zero attached hydrogens (tertiary/aromatic N) is 2. The van der Waals surface area contributed by atoms with Gasteiger partial charge in [0.25, 0.3) is 0 Å². The largest absolute Gasteiger partial charge is 0.289 e. The van der Waals surface area contributed by atoms with E-state index in [0.717, 1.165) is 19.5 Å².